The Morgan fingerprint density at radius 2 is 1.95 bits per heavy atom. The Morgan fingerprint density at radius 1 is 1.23 bits per heavy atom. The van der Waals surface area contributed by atoms with E-state index in [-0.39, 0.29) is 18.6 Å². The number of amides is 1. The molecular formula is C18H25NO3. The van der Waals surface area contributed by atoms with Crippen LogP contribution in [0.25, 0.3) is 0 Å². The fraction of sp³-hybridized carbons (Fsp3) is 0.556. The van der Waals surface area contributed by atoms with Gasteiger partial charge in [-0.15, -0.1) is 0 Å². The summed E-state index contributed by atoms with van der Waals surface area (Å²) in [4.78, 5) is 24.0. The second-order valence-corrected chi connectivity index (χ2v) is 6.26. The lowest BCUT2D eigenvalue weighted by molar-refractivity contribution is -0.125. The van der Waals surface area contributed by atoms with Gasteiger partial charge in [0.15, 0.2) is 6.61 Å². The highest BCUT2D eigenvalue weighted by atomic mass is 16.5. The van der Waals surface area contributed by atoms with Gasteiger partial charge in [0.25, 0.3) is 5.91 Å². The van der Waals surface area contributed by atoms with Crippen LogP contribution in [0.5, 0.6) is 0 Å². The second kappa shape index (κ2) is 7.43. The first-order valence-corrected chi connectivity index (χ1v) is 8.01. The van der Waals surface area contributed by atoms with Crippen LogP contribution in [0.15, 0.2) is 18.2 Å². The maximum absolute atomic E-state index is 12.1. The maximum atomic E-state index is 12.1. The molecule has 4 heteroatoms. The van der Waals surface area contributed by atoms with Crippen LogP contribution in [-0.4, -0.2) is 24.5 Å². The molecule has 1 aliphatic rings. The van der Waals surface area contributed by atoms with Crippen LogP contribution in [0.1, 0.15) is 54.1 Å². The number of aryl methyl sites for hydroxylation is 1. The zero-order valence-electron chi connectivity index (χ0n) is 13.6. The molecule has 120 valence electrons. The molecule has 0 unspecified atom stereocenters. The lowest BCUT2D eigenvalue weighted by atomic mass is 9.86. The third-order valence-electron chi connectivity index (χ3n) is 4.62. The third-order valence-corrected chi connectivity index (χ3v) is 4.62. The molecule has 1 saturated carbocycles. The standard InChI is InChI=1S/C18H25NO3/c1-12-8-6-9-15(14(12)3)18(21)22-11-17(20)19-16-10-5-4-7-13(16)2/h6,8-9,13,16H,4-5,7,10-11H2,1-3H3,(H,19,20)/t13-,16+/m1/s1. The summed E-state index contributed by atoms with van der Waals surface area (Å²) in [5.74, 6) is -0.155. The van der Waals surface area contributed by atoms with E-state index >= 15 is 0 Å². The van der Waals surface area contributed by atoms with E-state index in [1.807, 2.05) is 26.0 Å². The minimum absolute atomic E-state index is 0.209. The second-order valence-electron chi connectivity index (χ2n) is 6.26. The molecule has 1 aromatic carbocycles. The molecule has 22 heavy (non-hydrogen) atoms. The quantitative estimate of drug-likeness (QED) is 0.869. The predicted octanol–water partition coefficient (Wildman–Crippen LogP) is 3.16. The van der Waals surface area contributed by atoms with Crippen LogP contribution in [0, 0.1) is 19.8 Å². The summed E-state index contributed by atoms with van der Waals surface area (Å²) in [6, 6.07) is 5.71. The van der Waals surface area contributed by atoms with Gasteiger partial charge in [0.1, 0.15) is 0 Å². The number of benzene rings is 1. The van der Waals surface area contributed by atoms with Gasteiger partial charge in [-0.1, -0.05) is 31.9 Å². The monoisotopic (exact) mass is 303 g/mol. The Kier molecular flexibility index (Phi) is 5.58. The van der Waals surface area contributed by atoms with Crippen molar-refractivity contribution in [1.82, 2.24) is 5.32 Å². The fourth-order valence-corrected chi connectivity index (χ4v) is 2.96. The number of nitrogens with one attached hydrogen (secondary N) is 1. The average Bonchev–Trinajstić information content (AvgIpc) is 2.50. The number of carbonyl (C=O) groups is 2. The van der Waals surface area contributed by atoms with E-state index < -0.39 is 5.97 Å². The summed E-state index contributed by atoms with van der Waals surface area (Å²) in [7, 11) is 0. The maximum Gasteiger partial charge on any atom is 0.338 e. The Balaban J connectivity index is 1.85. The molecule has 4 nitrogen and oxygen atoms in total. The lowest BCUT2D eigenvalue weighted by Gasteiger charge is -2.29. The van der Waals surface area contributed by atoms with E-state index in [0.717, 1.165) is 30.4 Å². The van der Waals surface area contributed by atoms with E-state index in [1.165, 1.54) is 6.42 Å². The number of carbonyl (C=O) groups excluding carboxylic acids is 2. The molecule has 1 amide bonds. The Bertz CT molecular complexity index is 553. The van der Waals surface area contributed by atoms with Crippen molar-refractivity contribution in [3.63, 3.8) is 0 Å². The van der Waals surface area contributed by atoms with Gasteiger partial charge in [-0.25, -0.2) is 4.79 Å². The molecule has 1 aliphatic carbocycles. The van der Waals surface area contributed by atoms with E-state index in [9.17, 15) is 9.59 Å². The van der Waals surface area contributed by atoms with Gasteiger partial charge in [-0.05, 0) is 49.8 Å². The van der Waals surface area contributed by atoms with E-state index in [1.54, 1.807) is 6.07 Å². The number of esters is 1. The van der Waals surface area contributed by atoms with Crippen molar-refractivity contribution in [3.8, 4) is 0 Å². The van der Waals surface area contributed by atoms with Crippen molar-refractivity contribution in [1.29, 1.82) is 0 Å². The first kappa shape index (κ1) is 16.5. The van der Waals surface area contributed by atoms with Crippen LogP contribution in [-0.2, 0) is 9.53 Å². The zero-order chi connectivity index (χ0) is 16.1. The highest BCUT2D eigenvalue weighted by molar-refractivity contribution is 5.93. The summed E-state index contributed by atoms with van der Waals surface area (Å²) in [5.41, 5.74) is 2.46. The smallest absolute Gasteiger partial charge is 0.338 e. The molecule has 1 N–H and O–H groups in total. The minimum atomic E-state index is -0.437. The van der Waals surface area contributed by atoms with Crippen LogP contribution >= 0.6 is 0 Å². The van der Waals surface area contributed by atoms with E-state index in [0.29, 0.717) is 11.5 Å². The molecule has 0 saturated heterocycles. The minimum Gasteiger partial charge on any atom is -0.452 e. The highest BCUT2D eigenvalue weighted by Gasteiger charge is 2.23. The van der Waals surface area contributed by atoms with E-state index in [4.69, 9.17) is 4.74 Å². The Labute approximate surface area is 132 Å². The number of hydrogen-bond acceptors (Lipinski definition) is 3. The van der Waals surface area contributed by atoms with Gasteiger partial charge < -0.3 is 10.1 Å². The number of ether oxygens (including phenoxy) is 1. The van der Waals surface area contributed by atoms with Crippen LogP contribution in [0.3, 0.4) is 0 Å². The van der Waals surface area contributed by atoms with Gasteiger partial charge in [0.2, 0.25) is 0 Å². The van der Waals surface area contributed by atoms with Crippen molar-refractivity contribution in [2.75, 3.05) is 6.61 Å². The van der Waals surface area contributed by atoms with Gasteiger partial charge in [-0.2, -0.15) is 0 Å². The molecule has 0 spiro atoms. The normalized spacial score (nSPS) is 21.2. The Hall–Kier alpha value is -1.84. The molecule has 2 rings (SSSR count). The molecule has 1 aromatic rings. The topological polar surface area (TPSA) is 55.4 Å². The average molecular weight is 303 g/mol. The van der Waals surface area contributed by atoms with Crippen molar-refractivity contribution in [2.24, 2.45) is 5.92 Å². The predicted molar refractivity (Wildman–Crippen MR) is 85.8 cm³/mol. The largest absolute Gasteiger partial charge is 0.452 e. The van der Waals surface area contributed by atoms with Crippen molar-refractivity contribution in [3.05, 3.63) is 34.9 Å². The van der Waals surface area contributed by atoms with Gasteiger partial charge >= 0.3 is 5.97 Å². The summed E-state index contributed by atoms with van der Waals surface area (Å²) < 4.78 is 5.15. The molecule has 0 radical (unpaired) electrons. The Morgan fingerprint density at radius 3 is 2.68 bits per heavy atom. The van der Waals surface area contributed by atoms with Crippen LogP contribution in [0.2, 0.25) is 0 Å². The SMILES string of the molecule is Cc1cccc(C(=O)OCC(=O)N[C@H]2CCCC[C@H]2C)c1C. The fourth-order valence-electron chi connectivity index (χ4n) is 2.96. The highest BCUT2D eigenvalue weighted by Crippen LogP contribution is 2.23. The number of rotatable bonds is 4. The van der Waals surface area contributed by atoms with Crippen LogP contribution < -0.4 is 5.32 Å². The summed E-state index contributed by atoms with van der Waals surface area (Å²) in [6.45, 7) is 5.78. The molecule has 1 fully saturated rings. The van der Waals surface area contributed by atoms with Gasteiger partial charge in [0, 0.05) is 6.04 Å². The molecule has 0 bridgehead atoms. The first-order chi connectivity index (χ1) is 10.5. The molecule has 0 heterocycles. The zero-order valence-corrected chi connectivity index (χ0v) is 13.6. The van der Waals surface area contributed by atoms with Crippen molar-refractivity contribution >= 4 is 11.9 Å². The first-order valence-electron chi connectivity index (χ1n) is 8.01. The summed E-state index contributed by atoms with van der Waals surface area (Å²) in [5, 5.41) is 2.99. The molecular weight excluding hydrogens is 278 g/mol. The van der Waals surface area contributed by atoms with Crippen molar-refractivity contribution in [2.45, 2.75) is 52.5 Å². The summed E-state index contributed by atoms with van der Waals surface area (Å²) in [6.07, 6.45) is 4.54. The van der Waals surface area contributed by atoms with Crippen molar-refractivity contribution < 1.29 is 14.3 Å². The van der Waals surface area contributed by atoms with Gasteiger partial charge in [-0.3, -0.25) is 4.79 Å². The molecule has 2 atom stereocenters. The molecule has 0 aromatic heterocycles. The number of hydrogen-bond donors (Lipinski definition) is 1. The van der Waals surface area contributed by atoms with Crippen LogP contribution in [0.4, 0.5) is 0 Å². The van der Waals surface area contributed by atoms with Gasteiger partial charge in [0.05, 0.1) is 5.56 Å². The molecule has 0 aliphatic heterocycles. The third kappa shape index (κ3) is 4.09. The summed E-state index contributed by atoms with van der Waals surface area (Å²) >= 11 is 0. The van der Waals surface area contributed by atoms with E-state index in [2.05, 4.69) is 12.2 Å². The lowest BCUT2D eigenvalue weighted by Crippen LogP contribution is -2.42.